The molecule has 1 amide bonds. The van der Waals surface area contributed by atoms with Crippen LogP contribution in [0.4, 0.5) is 5.69 Å². The zero-order valence-corrected chi connectivity index (χ0v) is 15.6. The maximum Gasteiger partial charge on any atom is 0.256 e. The predicted molar refractivity (Wildman–Crippen MR) is 114 cm³/mol. The van der Waals surface area contributed by atoms with Gasteiger partial charge >= 0.3 is 0 Å². The van der Waals surface area contributed by atoms with Crippen LogP contribution in [-0.4, -0.2) is 34.0 Å². The summed E-state index contributed by atoms with van der Waals surface area (Å²) in [5.74, 6) is -0.306. The number of rotatable bonds is 3. The Morgan fingerprint density at radius 3 is 2.82 bits per heavy atom. The number of nitrogens with one attached hydrogen (secondary N) is 2. The van der Waals surface area contributed by atoms with Crippen molar-refractivity contribution in [2.45, 2.75) is 0 Å². The fourth-order valence-electron chi connectivity index (χ4n) is 3.46. The number of nitrogens with zero attached hydrogens (tertiary/aromatic N) is 2. The van der Waals surface area contributed by atoms with E-state index >= 15 is 0 Å². The Balaban J connectivity index is 1.39. The van der Waals surface area contributed by atoms with E-state index in [2.05, 4.69) is 25.6 Å². The highest BCUT2D eigenvalue weighted by Crippen LogP contribution is 2.35. The number of para-hydroxylation sites is 1. The minimum absolute atomic E-state index is 0.298. The fraction of sp³-hybridized carbons (Fsp3) is 0.0952. The molecule has 2 aliphatic heterocycles. The number of H-pyrrole nitrogens is 1. The van der Waals surface area contributed by atoms with E-state index in [9.17, 15) is 9.59 Å². The molecule has 3 heterocycles. The Bertz CT molecular complexity index is 1210. The highest BCUT2D eigenvalue weighted by atomic mass is 32.2. The molecule has 3 aromatic rings. The Morgan fingerprint density at radius 2 is 1.96 bits per heavy atom. The molecular weight excluding hydrogens is 372 g/mol. The number of anilines is 1. The van der Waals surface area contributed by atoms with Crippen molar-refractivity contribution in [3.05, 3.63) is 81.5 Å². The van der Waals surface area contributed by atoms with Gasteiger partial charge in [-0.3, -0.25) is 14.6 Å². The van der Waals surface area contributed by atoms with Gasteiger partial charge in [-0.2, -0.15) is 0 Å². The molecule has 0 fully saturated rings. The molecule has 0 radical (unpaired) electrons. The van der Waals surface area contributed by atoms with Crippen LogP contribution < -0.4 is 10.9 Å². The second-order valence-corrected chi connectivity index (χ2v) is 7.40. The SMILES string of the molecule is O=C(Nc1ccc(C2=CSC3=NCCN23)cc1)c1cc(=O)[nH]c2ccccc12. The third-order valence-electron chi connectivity index (χ3n) is 4.80. The first-order valence-corrected chi connectivity index (χ1v) is 9.80. The number of hydrogen-bond acceptors (Lipinski definition) is 5. The molecule has 2 N–H and O–H groups in total. The first kappa shape index (κ1) is 16.8. The number of aromatic amines is 1. The van der Waals surface area contributed by atoms with E-state index in [-0.39, 0.29) is 11.5 Å². The molecule has 28 heavy (non-hydrogen) atoms. The summed E-state index contributed by atoms with van der Waals surface area (Å²) in [6, 6.07) is 16.3. The number of benzene rings is 2. The molecule has 0 bridgehead atoms. The van der Waals surface area contributed by atoms with Crippen molar-refractivity contribution in [1.29, 1.82) is 0 Å². The number of carbonyl (C=O) groups excluding carboxylic acids is 1. The topological polar surface area (TPSA) is 77.6 Å². The smallest absolute Gasteiger partial charge is 0.256 e. The van der Waals surface area contributed by atoms with Crippen molar-refractivity contribution < 1.29 is 4.79 Å². The largest absolute Gasteiger partial charge is 0.322 e. The number of aromatic nitrogens is 1. The highest BCUT2D eigenvalue weighted by Gasteiger charge is 2.26. The van der Waals surface area contributed by atoms with Crippen LogP contribution in [0.25, 0.3) is 16.6 Å². The van der Waals surface area contributed by atoms with Gasteiger partial charge in [0.15, 0.2) is 5.17 Å². The number of thioether (sulfide) groups is 1. The van der Waals surface area contributed by atoms with E-state index in [1.807, 2.05) is 42.5 Å². The van der Waals surface area contributed by atoms with Crippen molar-refractivity contribution in [2.75, 3.05) is 18.4 Å². The minimum Gasteiger partial charge on any atom is -0.322 e. The maximum atomic E-state index is 12.8. The molecule has 6 nitrogen and oxygen atoms in total. The molecule has 0 aliphatic carbocycles. The summed E-state index contributed by atoms with van der Waals surface area (Å²) in [5, 5.41) is 6.76. The first-order valence-electron chi connectivity index (χ1n) is 8.92. The van der Waals surface area contributed by atoms with E-state index in [0.717, 1.165) is 29.5 Å². The zero-order valence-electron chi connectivity index (χ0n) is 14.8. The molecule has 0 unspecified atom stereocenters. The second kappa shape index (κ2) is 6.69. The second-order valence-electron chi connectivity index (χ2n) is 6.56. The van der Waals surface area contributed by atoms with E-state index in [1.54, 1.807) is 17.8 Å². The summed E-state index contributed by atoms with van der Waals surface area (Å²) < 4.78 is 0. The Kier molecular flexibility index (Phi) is 4.02. The number of amides is 1. The van der Waals surface area contributed by atoms with Crippen molar-refractivity contribution in [3.8, 4) is 0 Å². The van der Waals surface area contributed by atoms with Crippen LogP contribution in [0.2, 0.25) is 0 Å². The van der Waals surface area contributed by atoms with Crippen molar-refractivity contribution in [1.82, 2.24) is 9.88 Å². The summed E-state index contributed by atoms with van der Waals surface area (Å²) in [6.45, 7) is 1.74. The molecule has 138 valence electrons. The fourth-order valence-corrected chi connectivity index (χ4v) is 4.43. The summed E-state index contributed by atoms with van der Waals surface area (Å²) in [6.07, 6.45) is 0. The average molecular weight is 388 g/mol. The highest BCUT2D eigenvalue weighted by molar-refractivity contribution is 8.16. The Morgan fingerprint density at radius 1 is 1.14 bits per heavy atom. The summed E-state index contributed by atoms with van der Waals surface area (Å²) in [7, 11) is 0. The third kappa shape index (κ3) is 2.90. The van der Waals surface area contributed by atoms with Crippen LogP contribution in [0.5, 0.6) is 0 Å². The molecule has 2 aromatic carbocycles. The van der Waals surface area contributed by atoms with Crippen molar-refractivity contribution in [3.63, 3.8) is 0 Å². The van der Waals surface area contributed by atoms with Gasteiger partial charge in [0.25, 0.3) is 5.91 Å². The number of amidine groups is 1. The predicted octanol–water partition coefficient (Wildman–Crippen LogP) is 3.50. The van der Waals surface area contributed by atoms with Gasteiger partial charge in [-0.05, 0) is 23.8 Å². The lowest BCUT2D eigenvalue weighted by Crippen LogP contribution is -2.20. The normalized spacial score (nSPS) is 15.4. The van der Waals surface area contributed by atoms with E-state index in [1.165, 1.54) is 6.07 Å². The van der Waals surface area contributed by atoms with Gasteiger partial charge in [-0.25, -0.2) is 0 Å². The van der Waals surface area contributed by atoms with Gasteiger partial charge in [-0.1, -0.05) is 42.1 Å². The first-order chi connectivity index (χ1) is 13.7. The van der Waals surface area contributed by atoms with Crippen LogP contribution in [0.1, 0.15) is 15.9 Å². The Labute approximate surface area is 165 Å². The number of carbonyl (C=O) groups is 1. The summed E-state index contributed by atoms with van der Waals surface area (Å²) in [4.78, 5) is 34.1. The van der Waals surface area contributed by atoms with E-state index in [0.29, 0.717) is 22.2 Å². The van der Waals surface area contributed by atoms with Gasteiger partial charge in [0, 0.05) is 34.6 Å². The third-order valence-corrected chi connectivity index (χ3v) is 5.70. The summed E-state index contributed by atoms with van der Waals surface area (Å²) >= 11 is 1.64. The molecule has 0 saturated heterocycles. The van der Waals surface area contributed by atoms with Crippen LogP contribution in [-0.2, 0) is 0 Å². The lowest BCUT2D eigenvalue weighted by atomic mass is 10.1. The van der Waals surface area contributed by atoms with Gasteiger partial charge in [0.05, 0.1) is 17.8 Å². The molecule has 7 heteroatoms. The minimum atomic E-state index is -0.306. The number of aliphatic imine (C=N–C) groups is 1. The molecule has 0 atom stereocenters. The van der Waals surface area contributed by atoms with Crippen LogP contribution in [0, 0.1) is 0 Å². The summed E-state index contributed by atoms with van der Waals surface area (Å²) in [5.41, 5.74) is 3.60. The maximum absolute atomic E-state index is 12.8. The van der Waals surface area contributed by atoms with Crippen LogP contribution in [0.15, 0.2) is 69.8 Å². The van der Waals surface area contributed by atoms with Gasteiger partial charge in [-0.15, -0.1) is 0 Å². The quantitative estimate of drug-likeness (QED) is 0.720. The molecule has 0 spiro atoms. The lowest BCUT2D eigenvalue weighted by molar-refractivity contribution is 0.102. The molecule has 0 saturated carbocycles. The van der Waals surface area contributed by atoms with Crippen molar-refractivity contribution in [2.24, 2.45) is 4.99 Å². The zero-order chi connectivity index (χ0) is 19.1. The van der Waals surface area contributed by atoms with Crippen LogP contribution >= 0.6 is 11.8 Å². The van der Waals surface area contributed by atoms with E-state index in [4.69, 9.17) is 0 Å². The van der Waals surface area contributed by atoms with Crippen LogP contribution in [0.3, 0.4) is 0 Å². The molecular formula is C21H16N4O2S. The monoisotopic (exact) mass is 388 g/mol. The van der Waals surface area contributed by atoms with Crippen molar-refractivity contribution >= 4 is 45.1 Å². The average Bonchev–Trinajstić information content (AvgIpc) is 3.32. The molecule has 2 aliphatic rings. The van der Waals surface area contributed by atoms with E-state index < -0.39 is 0 Å². The standard InChI is InChI=1S/C21H16N4O2S/c26-19-11-16(15-3-1-2-4-17(15)24-19)20(27)23-14-7-5-13(6-8-14)18-12-28-21-22-9-10-25(18)21/h1-8,11-12H,9-10H2,(H,23,27)(H,24,26). The van der Waals surface area contributed by atoms with Gasteiger partial charge < -0.3 is 15.2 Å². The lowest BCUT2D eigenvalue weighted by Gasteiger charge is -2.17. The Hall–Kier alpha value is -3.32. The molecule has 1 aromatic heterocycles. The molecule has 5 rings (SSSR count). The number of hydrogen-bond donors (Lipinski definition) is 2. The van der Waals surface area contributed by atoms with Gasteiger partial charge in [0.1, 0.15) is 0 Å². The van der Waals surface area contributed by atoms with Gasteiger partial charge in [0.2, 0.25) is 5.56 Å². The number of pyridine rings is 1. The number of fused-ring (bicyclic) bond motifs is 2.